The normalized spacial score (nSPS) is 17.5. The third kappa shape index (κ3) is 4.55. The topological polar surface area (TPSA) is 91.7 Å². The molecule has 10 heteroatoms. The molecule has 1 aromatic heterocycles. The second kappa shape index (κ2) is 9.25. The number of carbonyl (C=O) groups excluding carboxylic acids is 2. The summed E-state index contributed by atoms with van der Waals surface area (Å²) in [6, 6.07) is 6.15. The summed E-state index contributed by atoms with van der Waals surface area (Å²) in [5.41, 5.74) is 0.853. The number of amides is 2. The molecule has 0 bridgehead atoms. The molecule has 8 nitrogen and oxygen atoms in total. The smallest absolute Gasteiger partial charge is 0.272 e. The van der Waals surface area contributed by atoms with Crippen LogP contribution in [0.3, 0.4) is 0 Å². The number of anilines is 1. The lowest BCUT2D eigenvalue weighted by molar-refractivity contribution is 0.0725. The Morgan fingerprint density at radius 1 is 0.969 bits per heavy atom. The summed E-state index contributed by atoms with van der Waals surface area (Å²) in [7, 11) is -2.02. The van der Waals surface area contributed by atoms with Crippen molar-refractivity contribution in [1.29, 1.82) is 0 Å². The predicted molar refractivity (Wildman–Crippen MR) is 123 cm³/mol. The van der Waals surface area contributed by atoms with E-state index in [1.54, 1.807) is 30.1 Å². The van der Waals surface area contributed by atoms with Crippen molar-refractivity contribution in [2.45, 2.75) is 37.0 Å². The van der Waals surface area contributed by atoms with Gasteiger partial charge in [-0.1, -0.05) is 11.6 Å². The van der Waals surface area contributed by atoms with E-state index in [0.717, 1.165) is 32.1 Å². The number of aromatic nitrogens is 1. The molecule has 0 saturated carbocycles. The Morgan fingerprint density at radius 3 is 2.31 bits per heavy atom. The van der Waals surface area contributed by atoms with E-state index in [9.17, 15) is 18.0 Å². The van der Waals surface area contributed by atoms with Crippen molar-refractivity contribution >= 4 is 39.1 Å². The molecule has 0 spiro atoms. The fourth-order valence-corrected chi connectivity index (χ4v) is 6.00. The van der Waals surface area contributed by atoms with E-state index in [2.05, 4.69) is 5.32 Å². The summed E-state index contributed by atoms with van der Waals surface area (Å²) in [6.07, 6.45) is 6.13. The van der Waals surface area contributed by atoms with Crippen molar-refractivity contribution in [3.8, 4) is 0 Å². The van der Waals surface area contributed by atoms with Crippen LogP contribution in [0.5, 0.6) is 0 Å². The molecule has 172 valence electrons. The molecule has 0 aliphatic carbocycles. The first-order chi connectivity index (χ1) is 15.3. The molecule has 3 heterocycles. The van der Waals surface area contributed by atoms with Crippen LogP contribution in [0.1, 0.15) is 53.0 Å². The Kier molecular flexibility index (Phi) is 6.60. The summed E-state index contributed by atoms with van der Waals surface area (Å²) >= 11 is 6.14. The lowest BCUT2D eigenvalue weighted by atomic mass is 10.1. The molecular formula is C22H27ClN4O4S. The number of hydrogen-bond acceptors (Lipinski definition) is 4. The summed E-state index contributed by atoms with van der Waals surface area (Å²) < 4.78 is 28.6. The van der Waals surface area contributed by atoms with Gasteiger partial charge in [-0.2, -0.15) is 4.31 Å². The monoisotopic (exact) mass is 478 g/mol. The fraction of sp³-hybridized carbons (Fsp3) is 0.455. The minimum atomic E-state index is -3.64. The van der Waals surface area contributed by atoms with Gasteiger partial charge in [-0.3, -0.25) is 9.59 Å². The Labute approximate surface area is 193 Å². The van der Waals surface area contributed by atoms with Gasteiger partial charge in [0.25, 0.3) is 11.8 Å². The largest absolute Gasteiger partial charge is 0.345 e. The maximum Gasteiger partial charge on any atom is 0.272 e. The van der Waals surface area contributed by atoms with Crippen LogP contribution in [0, 0.1) is 0 Å². The van der Waals surface area contributed by atoms with Crippen LogP contribution in [0.15, 0.2) is 35.4 Å². The molecule has 0 unspecified atom stereocenters. The van der Waals surface area contributed by atoms with Gasteiger partial charge in [0.2, 0.25) is 10.0 Å². The molecule has 32 heavy (non-hydrogen) atoms. The molecule has 0 radical (unpaired) electrons. The number of rotatable bonds is 5. The van der Waals surface area contributed by atoms with Gasteiger partial charge in [-0.05, 0) is 56.4 Å². The first kappa shape index (κ1) is 22.8. The van der Waals surface area contributed by atoms with Gasteiger partial charge < -0.3 is 14.8 Å². The Morgan fingerprint density at radius 2 is 1.62 bits per heavy atom. The van der Waals surface area contributed by atoms with E-state index < -0.39 is 15.9 Å². The molecule has 2 saturated heterocycles. The molecule has 2 aromatic rings. The highest BCUT2D eigenvalue weighted by Gasteiger charge is 2.30. The van der Waals surface area contributed by atoms with Crippen LogP contribution >= 0.6 is 11.6 Å². The van der Waals surface area contributed by atoms with E-state index in [0.29, 0.717) is 42.5 Å². The first-order valence-corrected chi connectivity index (χ1v) is 12.7. The second-order valence-corrected chi connectivity index (χ2v) is 10.7. The average Bonchev–Trinajstić information content (AvgIpc) is 3.45. The van der Waals surface area contributed by atoms with Gasteiger partial charge in [0.15, 0.2) is 0 Å². The number of likely N-dealkylation sites (tertiary alicyclic amines) is 1. The zero-order valence-electron chi connectivity index (χ0n) is 18.0. The first-order valence-electron chi connectivity index (χ1n) is 10.8. The standard InChI is InChI=1S/C22H27ClN4O4S/c1-25-15-17(32(30,31)27-11-5-6-12-27)14-20(25)21(28)24-19-13-16(23)7-8-18(19)22(29)26-9-3-2-4-10-26/h7-8,13-15H,2-6,9-12H2,1H3,(H,24,28). The van der Waals surface area contributed by atoms with E-state index in [1.807, 2.05) is 0 Å². The Hall–Kier alpha value is -2.36. The van der Waals surface area contributed by atoms with Crippen LogP contribution in [-0.2, 0) is 17.1 Å². The molecule has 2 aliphatic rings. The van der Waals surface area contributed by atoms with Gasteiger partial charge in [-0.25, -0.2) is 8.42 Å². The number of piperidine rings is 1. The van der Waals surface area contributed by atoms with Crippen molar-refractivity contribution in [2.75, 3.05) is 31.5 Å². The third-order valence-corrected chi connectivity index (χ3v) is 8.12. The van der Waals surface area contributed by atoms with Gasteiger partial charge in [-0.15, -0.1) is 0 Å². The number of benzene rings is 1. The number of nitrogens with one attached hydrogen (secondary N) is 1. The molecule has 1 N–H and O–H groups in total. The Bertz CT molecular complexity index is 1130. The van der Waals surface area contributed by atoms with E-state index in [-0.39, 0.29) is 16.5 Å². The molecule has 2 fully saturated rings. The molecule has 4 rings (SSSR count). The SMILES string of the molecule is Cn1cc(S(=O)(=O)N2CCCC2)cc1C(=O)Nc1cc(Cl)ccc1C(=O)N1CCCCC1. The van der Waals surface area contributed by atoms with Gasteiger partial charge in [0.1, 0.15) is 10.6 Å². The van der Waals surface area contributed by atoms with Crippen LogP contribution in [0.4, 0.5) is 5.69 Å². The van der Waals surface area contributed by atoms with E-state index >= 15 is 0 Å². The molecular weight excluding hydrogens is 452 g/mol. The van der Waals surface area contributed by atoms with Gasteiger partial charge in [0, 0.05) is 44.4 Å². The van der Waals surface area contributed by atoms with Crippen LogP contribution < -0.4 is 5.32 Å². The lowest BCUT2D eigenvalue weighted by Crippen LogP contribution is -2.36. The van der Waals surface area contributed by atoms with Crippen LogP contribution in [-0.4, -0.2) is 60.2 Å². The number of sulfonamides is 1. The van der Waals surface area contributed by atoms with Crippen molar-refractivity contribution in [3.05, 3.63) is 46.7 Å². The zero-order valence-corrected chi connectivity index (χ0v) is 19.6. The van der Waals surface area contributed by atoms with Gasteiger partial charge in [0.05, 0.1) is 11.3 Å². The number of aryl methyl sites for hydroxylation is 1. The van der Waals surface area contributed by atoms with Crippen molar-refractivity contribution < 1.29 is 18.0 Å². The maximum atomic E-state index is 13.1. The molecule has 0 atom stereocenters. The quantitative estimate of drug-likeness (QED) is 0.713. The molecule has 1 aromatic carbocycles. The lowest BCUT2D eigenvalue weighted by Gasteiger charge is -2.27. The summed E-state index contributed by atoms with van der Waals surface area (Å²) in [5.74, 6) is -0.661. The fourth-order valence-electron chi connectivity index (χ4n) is 4.24. The van der Waals surface area contributed by atoms with Crippen molar-refractivity contribution in [1.82, 2.24) is 13.8 Å². The highest BCUT2D eigenvalue weighted by atomic mass is 35.5. The zero-order chi connectivity index (χ0) is 22.9. The second-order valence-electron chi connectivity index (χ2n) is 8.28. The van der Waals surface area contributed by atoms with Gasteiger partial charge >= 0.3 is 0 Å². The van der Waals surface area contributed by atoms with E-state index in [4.69, 9.17) is 11.6 Å². The average molecular weight is 479 g/mol. The van der Waals surface area contributed by atoms with Crippen LogP contribution in [0.25, 0.3) is 0 Å². The molecule has 2 aliphatic heterocycles. The third-order valence-electron chi connectivity index (χ3n) is 6.02. The number of nitrogens with zero attached hydrogens (tertiary/aromatic N) is 3. The predicted octanol–water partition coefficient (Wildman–Crippen LogP) is 3.34. The summed E-state index contributed by atoms with van der Waals surface area (Å²) in [6.45, 7) is 2.35. The van der Waals surface area contributed by atoms with Crippen LogP contribution in [0.2, 0.25) is 5.02 Å². The highest BCUT2D eigenvalue weighted by molar-refractivity contribution is 7.89. The summed E-state index contributed by atoms with van der Waals surface area (Å²) in [4.78, 5) is 28.0. The van der Waals surface area contributed by atoms with Crippen molar-refractivity contribution in [3.63, 3.8) is 0 Å². The van der Waals surface area contributed by atoms with Crippen molar-refractivity contribution in [2.24, 2.45) is 7.05 Å². The number of hydrogen-bond donors (Lipinski definition) is 1. The number of carbonyl (C=O) groups is 2. The minimum Gasteiger partial charge on any atom is -0.345 e. The molecule has 2 amide bonds. The summed E-state index contributed by atoms with van der Waals surface area (Å²) in [5, 5.41) is 3.15. The van der Waals surface area contributed by atoms with E-state index in [1.165, 1.54) is 21.1 Å². The minimum absolute atomic E-state index is 0.0859. The highest BCUT2D eigenvalue weighted by Crippen LogP contribution is 2.26. The number of halogens is 1. The Balaban J connectivity index is 1.59. The maximum absolute atomic E-state index is 13.1.